The van der Waals surface area contributed by atoms with E-state index in [1.54, 1.807) is 19.1 Å². The second-order valence-corrected chi connectivity index (χ2v) is 2.74. The van der Waals surface area contributed by atoms with Gasteiger partial charge in [-0.3, -0.25) is 0 Å². The first kappa shape index (κ1) is 10.7. The van der Waals surface area contributed by atoms with Crippen LogP contribution < -0.4 is 10.5 Å². The molecule has 0 aliphatic carbocycles. The van der Waals surface area contributed by atoms with Gasteiger partial charge >= 0.3 is 6.36 Å². The van der Waals surface area contributed by atoms with Gasteiger partial charge in [-0.1, -0.05) is 19.1 Å². The molecule has 1 aromatic carbocycles. The number of ether oxygens (including phenoxy) is 1. The van der Waals surface area contributed by atoms with Gasteiger partial charge in [-0.2, -0.15) is 0 Å². The van der Waals surface area contributed by atoms with E-state index in [0.29, 0.717) is 12.0 Å². The van der Waals surface area contributed by atoms with Crippen LogP contribution in [0, 0.1) is 0 Å². The first-order valence-corrected chi connectivity index (χ1v) is 4.07. The number of aryl methyl sites for hydroxylation is 1. The molecule has 0 heterocycles. The van der Waals surface area contributed by atoms with E-state index in [2.05, 4.69) is 4.74 Å². The van der Waals surface area contributed by atoms with Gasteiger partial charge in [0.2, 0.25) is 0 Å². The average molecular weight is 205 g/mol. The highest BCUT2D eigenvalue weighted by Crippen LogP contribution is 2.31. The van der Waals surface area contributed by atoms with Crippen molar-refractivity contribution in [3.8, 4) is 5.75 Å². The lowest BCUT2D eigenvalue weighted by molar-refractivity contribution is -0.274. The van der Waals surface area contributed by atoms with E-state index in [-0.39, 0.29) is 11.4 Å². The number of rotatable bonds is 2. The molecule has 2 N–H and O–H groups in total. The van der Waals surface area contributed by atoms with Crippen LogP contribution in [0.25, 0.3) is 0 Å². The van der Waals surface area contributed by atoms with Gasteiger partial charge in [0.1, 0.15) is 0 Å². The highest BCUT2D eigenvalue weighted by Gasteiger charge is 2.32. The monoisotopic (exact) mass is 205 g/mol. The maximum absolute atomic E-state index is 12.0. The third kappa shape index (κ3) is 2.55. The molecule has 1 aromatic rings. The summed E-state index contributed by atoms with van der Waals surface area (Å²) in [6, 6.07) is 4.52. The highest BCUT2D eigenvalue weighted by molar-refractivity contribution is 5.56. The number of alkyl halides is 3. The lowest BCUT2D eigenvalue weighted by Crippen LogP contribution is -2.19. The van der Waals surface area contributed by atoms with Gasteiger partial charge < -0.3 is 10.5 Å². The van der Waals surface area contributed by atoms with E-state index in [0.717, 1.165) is 0 Å². The Bertz CT molecular complexity index is 322. The topological polar surface area (TPSA) is 35.2 Å². The number of nitrogen functional groups attached to an aromatic ring is 1. The van der Waals surface area contributed by atoms with Crippen LogP contribution in [-0.4, -0.2) is 6.36 Å². The Kier molecular flexibility index (Phi) is 2.88. The molecule has 2 nitrogen and oxygen atoms in total. The van der Waals surface area contributed by atoms with E-state index in [9.17, 15) is 13.2 Å². The molecule has 0 saturated heterocycles. The molecule has 0 fully saturated rings. The second-order valence-electron chi connectivity index (χ2n) is 2.74. The smallest absolute Gasteiger partial charge is 0.403 e. The number of nitrogens with two attached hydrogens (primary N) is 1. The van der Waals surface area contributed by atoms with Crippen molar-refractivity contribution in [1.29, 1.82) is 0 Å². The van der Waals surface area contributed by atoms with Gasteiger partial charge in [0.25, 0.3) is 0 Å². The SMILES string of the molecule is CCc1cccc(N)c1OC(F)(F)F. The molecule has 78 valence electrons. The summed E-state index contributed by atoms with van der Waals surface area (Å²) in [6.07, 6.45) is -4.25. The Morgan fingerprint density at radius 3 is 2.50 bits per heavy atom. The van der Waals surface area contributed by atoms with Crippen LogP contribution >= 0.6 is 0 Å². The van der Waals surface area contributed by atoms with Crippen LogP contribution in [0.5, 0.6) is 5.75 Å². The van der Waals surface area contributed by atoms with Crippen molar-refractivity contribution in [1.82, 2.24) is 0 Å². The molecule has 14 heavy (non-hydrogen) atoms. The molecular weight excluding hydrogens is 195 g/mol. The minimum atomic E-state index is -4.70. The number of anilines is 1. The predicted molar refractivity (Wildman–Crippen MR) is 46.9 cm³/mol. The Morgan fingerprint density at radius 1 is 1.36 bits per heavy atom. The molecule has 0 bridgehead atoms. The quantitative estimate of drug-likeness (QED) is 0.753. The van der Waals surface area contributed by atoms with Crippen molar-refractivity contribution < 1.29 is 17.9 Å². The first-order valence-electron chi connectivity index (χ1n) is 4.07. The number of benzene rings is 1. The van der Waals surface area contributed by atoms with E-state index in [4.69, 9.17) is 5.73 Å². The fourth-order valence-electron chi connectivity index (χ4n) is 1.12. The molecule has 0 unspecified atom stereocenters. The van der Waals surface area contributed by atoms with Crippen LogP contribution in [0.15, 0.2) is 18.2 Å². The largest absolute Gasteiger partial charge is 0.573 e. The summed E-state index contributed by atoms with van der Waals surface area (Å²) in [4.78, 5) is 0. The zero-order valence-corrected chi connectivity index (χ0v) is 7.56. The Balaban J connectivity index is 3.05. The molecule has 0 aliphatic heterocycles. The second kappa shape index (κ2) is 3.77. The molecule has 0 radical (unpaired) electrons. The van der Waals surface area contributed by atoms with E-state index < -0.39 is 6.36 Å². The fraction of sp³-hybridized carbons (Fsp3) is 0.333. The third-order valence-corrected chi connectivity index (χ3v) is 1.73. The molecule has 1 rings (SSSR count). The van der Waals surface area contributed by atoms with E-state index >= 15 is 0 Å². The van der Waals surface area contributed by atoms with Crippen molar-refractivity contribution in [2.75, 3.05) is 5.73 Å². The summed E-state index contributed by atoms with van der Waals surface area (Å²) < 4.78 is 39.7. The van der Waals surface area contributed by atoms with Crippen LogP contribution in [0.4, 0.5) is 18.9 Å². The van der Waals surface area contributed by atoms with Crippen LogP contribution in [0.2, 0.25) is 0 Å². The number of hydrogen-bond acceptors (Lipinski definition) is 2. The summed E-state index contributed by atoms with van der Waals surface area (Å²) in [6.45, 7) is 1.73. The molecule has 0 atom stereocenters. The number of halogens is 3. The third-order valence-electron chi connectivity index (χ3n) is 1.73. The van der Waals surface area contributed by atoms with Gasteiger partial charge in [0.05, 0.1) is 5.69 Å². The lowest BCUT2D eigenvalue weighted by Gasteiger charge is -2.14. The summed E-state index contributed by atoms with van der Waals surface area (Å²) in [5, 5.41) is 0. The molecule has 0 spiro atoms. The summed E-state index contributed by atoms with van der Waals surface area (Å²) in [5.41, 5.74) is 5.83. The van der Waals surface area contributed by atoms with E-state index in [1.165, 1.54) is 6.07 Å². The molecule has 0 aromatic heterocycles. The van der Waals surface area contributed by atoms with Crippen molar-refractivity contribution in [2.45, 2.75) is 19.7 Å². The molecular formula is C9H10F3NO. The number of hydrogen-bond donors (Lipinski definition) is 1. The van der Waals surface area contributed by atoms with Gasteiger partial charge in [-0.05, 0) is 18.1 Å². The minimum absolute atomic E-state index is 0.00155. The van der Waals surface area contributed by atoms with Crippen LogP contribution in [0.1, 0.15) is 12.5 Å². The normalized spacial score (nSPS) is 11.4. The molecule has 0 saturated carbocycles. The van der Waals surface area contributed by atoms with Crippen molar-refractivity contribution in [3.63, 3.8) is 0 Å². The Morgan fingerprint density at radius 2 is 2.00 bits per heavy atom. The van der Waals surface area contributed by atoms with Crippen molar-refractivity contribution in [2.24, 2.45) is 0 Å². The van der Waals surface area contributed by atoms with Crippen molar-refractivity contribution >= 4 is 5.69 Å². The summed E-state index contributed by atoms with van der Waals surface area (Å²) in [7, 11) is 0. The first-order chi connectivity index (χ1) is 6.44. The van der Waals surface area contributed by atoms with Crippen LogP contribution in [-0.2, 0) is 6.42 Å². The number of para-hydroxylation sites is 1. The van der Waals surface area contributed by atoms with Crippen LogP contribution in [0.3, 0.4) is 0 Å². The van der Waals surface area contributed by atoms with Gasteiger partial charge in [-0.25, -0.2) is 0 Å². The van der Waals surface area contributed by atoms with Crippen molar-refractivity contribution in [3.05, 3.63) is 23.8 Å². The predicted octanol–water partition coefficient (Wildman–Crippen LogP) is 2.73. The summed E-state index contributed by atoms with van der Waals surface area (Å²) in [5.74, 6) is -0.289. The van der Waals surface area contributed by atoms with Gasteiger partial charge in [0.15, 0.2) is 5.75 Å². The van der Waals surface area contributed by atoms with Gasteiger partial charge in [-0.15, -0.1) is 13.2 Å². The highest BCUT2D eigenvalue weighted by atomic mass is 19.4. The Labute approximate surface area is 79.5 Å². The standard InChI is InChI=1S/C9H10F3NO/c1-2-6-4-3-5-7(13)8(6)14-9(10,11)12/h3-5H,2,13H2,1H3. The zero-order chi connectivity index (χ0) is 10.8. The molecule has 5 heteroatoms. The lowest BCUT2D eigenvalue weighted by atomic mass is 10.1. The zero-order valence-electron chi connectivity index (χ0n) is 7.56. The van der Waals surface area contributed by atoms with Gasteiger partial charge in [0, 0.05) is 0 Å². The summed E-state index contributed by atoms with van der Waals surface area (Å²) >= 11 is 0. The fourth-order valence-corrected chi connectivity index (χ4v) is 1.12. The van der Waals surface area contributed by atoms with E-state index in [1.807, 2.05) is 0 Å². The molecule has 0 amide bonds. The maximum Gasteiger partial charge on any atom is 0.573 e. The molecule has 0 aliphatic rings. The Hall–Kier alpha value is -1.39. The maximum atomic E-state index is 12.0. The average Bonchev–Trinajstić information content (AvgIpc) is 2.06. The minimum Gasteiger partial charge on any atom is -0.403 e.